The summed E-state index contributed by atoms with van der Waals surface area (Å²) in [4.78, 5) is 13.2. The van der Waals surface area contributed by atoms with Crippen LogP contribution in [0.1, 0.15) is 155 Å². The number of hydrogen-bond donors (Lipinski definition) is 12. The number of allylic oxidation sites excluding steroid dienone is 5. The Labute approximate surface area is 421 Å². The van der Waals surface area contributed by atoms with E-state index in [-0.39, 0.29) is 18.9 Å². The Morgan fingerprint density at radius 3 is 1.44 bits per heavy atom. The molecule has 71 heavy (non-hydrogen) atoms. The molecule has 0 bridgehead atoms. The van der Waals surface area contributed by atoms with Gasteiger partial charge in [-0.1, -0.05) is 127 Å². The van der Waals surface area contributed by atoms with Crippen LogP contribution in [0.25, 0.3) is 0 Å². The van der Waals surface area contributed by atoms with Crippen LogP contribution in [0.2, 0.25) is 0 Å². The molecule has 0 aromatic rings. The quantitative estimate of drug-likeness (QED) is 0.0314. The summed E-state index contributed by atoms with van der Waals surface area (Å²) in [5, 5.41) is 120. The highest BCUT2D eigenvalue weighted by atomic mass is 16.8. The van der Waals surface area contributed by atoms with E-state index >= 15 is 0 Å². The topological polar surface area (TPSA) is 307 Å². The highest BCUT2D eigenvalue weighted by Gasteiger charge is 2.53. The van der Waals surface area contributed by atoms with E-state index in [1.165, 1.54) is 64.2 Å². The second kappa shape index (κ2) is 36.9. The van der Waals surface area contributed by atoms with E-state index in [1.807, 2.05) is 6.08 Å². The van der Waals surface area contributed by atoms with Crippen molar-refractivity contribution in [3.8, 4) is 0 Å². The molecule has 0 aromatic carbocycles. The lowest BCUT2D eigenvalue weighted by atomic mass is 9.96. The number of unbranched alkanes of at least 4 members (excludes halogenated alkanes) is 17. The van der Waals surface area contributed by atoms with Gasteiger partial charge in [0.1, 0.15) is 73.2 Å². The Bertz CT molecular complexity index is 1450. The molecule has 0 radical (unpaired) electrons. The molecule has 414 valence electrons. The molecule has 3 heterocycles. The highest BCUT2D eigenvalue weighted by Crippen LogP contribution is 2.33. The normalized spacial score (nSPS) is 32.5. The SMILES string of the molecule is CCCCC/C=C\CCCCCCCC(=O)NC(COC1OC(CO)C(OC2OC(CO)C(OC3OC(CO)C(O)C(O)C3O)C(O)C2O)C(O)C1O)C(O)/C=C/CC/C=C/CCCCCCCCCC. The summed E-state index contributed by atoms with van der Waals surface area (Å²) in [6, 6.07) is -0.990. The Balaban J connectivity index is 1.57. The van der Waals surface area contributed by atoms with Crippen molar-refractivity contribution in [1.82, 2.24) is 5.32 Å². The zero-order valence-electron chi connectivity index (χ0n) is 42.4. The molecular formula is C52H93NO18. The van der Waals surface area contributed by atoms with Crippen LogP contribution in [-0.2, 0) is 33.2 Å². The minimum absolute atomic E-state index is 0.225. The van der Waals surface area contributed by atoms with Crippen LogP contribution in [0.15, 0.2) is 36.5 Å². The van der Waals surface area contributed by atoms with Gasteiger partial charge in [-0.05, 0) is 57.8 Å². The number of ether oxygens (including phenoxy) is 6. The van der Waals surface area contributed by atoms with E-state index < -0.39 is 124 Å². The molecular weight excluding hydrogens is 927 g/mol. The summed E-state index contributed by atoms with van der Waals surface area (Å²) in [7, 11) is 0. The third-order valence-corrected chi connectivity index (χ3v) is 13.4. The summed E-state index contributed by atoms with van der Waals surface area (Å²) >= 11 is 0. The number of amides is 1. The van der Waals surface area contributed by atoms with Crippen LogP contribution in [-0.4, -0.2) is 193 Å². The van der Waals surface area contributed by atoms with Crippen molar-refractivity contribution in [3.05, 3.63) is 36.5 Å². The molecule has 19 nitrogen and oxygen atoms in total. The third-order valence-electron chi connectivity index (χ3n) is 13.4. The standard InChI is InChI=1S/C52H93NO18/c1-3-5-7-9-11-13-15-17-18-19-21-23-25-27-29-36(57)35(53-40(58)30-28-26-24-22-20-16-14-12-10-8-6-4-2)34-66-50-46(64)43(61)48(38(32-55)68-50)71-52-47(65)44(62)49(39(33-56)69-52)70-51-45(63)42(60)41(59)37(31-54)67-51/h12,14,19,21,27,29,35-39,41-52,54-57,59-65H,3-11,13,15-18,20,22-26,28,30-34H2,1-2H3,(H,53,58)/b14-12-,21-19+,29-27+. The minimum Gasteiger partial charge on any atom is -0.394 e. The van der Waals surface area contributed by atoms with Gasteiger partial charge in [-0.15, -0.1) is 0 Å². The van der Waals surface area contributed by atoms with Crippen molar-refractivity contribution < 1.29 is 89.4 Å². The first-order valence-electron chi connectivity index (χ1n) is 26.7. The van der Waals surface area contributed by atoms with Gasteiger partial charge in [0.05, 0.1) is 38.6 Å². The third kappa shape index (κ3) is 22.4. The van der Waals surface area contributed by atoms with Gasteiger partial charge in [0.25, 0.3) is 0 Å². The van der Waals surface area contributed by atoms with Crippen LogP contribution < -0.4 is 5.32 Å². The van der Waals surface area contributed by atoms with Crippen molar-refractivity contribution in [2.75, 3.05) is 26.4 Å². The lowest BCUT2D eigenvalue weighted by Crippen LogP contribution is -2.66. The average Bonchev–Trinajstić information content (AvgIpc) is 3.36. The van der Waals surface area contributed by atoms with Crippen molar-refractivity contribution in [1.29, 1.82) is 0 Å². The van der Waals surface area contributed by atoms with E-state index in [0.717, 1.165) is 57.8 Å². The van der Waals surface area contributed by atoms with E-state index in [2.05, 4.69) is 43.5 Å². The zero-order valence-corrected chi connectivity index (χ0v) is 42.4. The van der Waals surface area contributed by atoms with Crippen molar-refractivity contribution in [3.63, 3.8) is 0 Å². The van der Waals surface area contributed by atoms with Gasteiger partial charge in [0.15, 0.2) is 18.9 Å². The van der Waals surface area contributed by atoms with E-state index in [4.69, 9.17) is 28.4 Å². The smallest absolute Gasteiger partial charge is 0.220 e. The largest absolute Gasteiger partial charge is 0.394 e. The number of carbonyl (C=O) groups is 1. The molecule has 3 aliphatic rings. The maximum atomic E-state index is 13.2. The fourth-order valence-corrected chi connectivity index (χ4v) is 8.90. The van der Waals surface area contributed by atoms with Crippen molar-refractivity contribution >= 4 is 5.91 Å². The first kappa shape index (κ1) is 63.3. The second-order valence-electron chi connectivity index (χ2n) is 19.3. The lowest BCUT2D eigenvalue weighted by Gasteiger charge is -2.48. The van der Waals surface area contributed by atoms with Crippen molar-refractivity contribution in [2.24, 2.45) is 0 Å². The summed E-state index contributed by atoms with van der Waals surface area (Å²) in [5.41, 5.74) is 0. The Hall–Kier alpha value is -1.99. The van der Waals surface area contributed by atoms with Gasteiger partial charge in [-0.25, -0.2) is 0 Å². The van der Waals surface area contributed by atoms with Gasteiger partial charge >= 0.3 is 0 Å². The molecule has 0 saturated carbocycles. The Morgan fingerprint density at radius 1 is 0.493 bits per heavy atom. The van der Waals surface area contributed by atoms with Crippen LogP contribution in [0.5, 0.6) is 0 Å². The average molecular weight is 1020 g/mol. The molecule has 3 saturated heterocycles. The van der Waals surface area contributed by atoms with Gasteiger partial charge in [-0.3, -0.25) is 4.79 Å². The fraction of sp³-hybridized carbons (Fsp3) is 0.865. The lowest BCUT2D eigenvalue weighted by molar-refractivity contribution is -0.379. The maximum Gasteiger partial charge on any atom is 0.220 e. The predicted molar refractivity (Wildman–Crippen MR) is 263 cm³/mol. The second-order valence-corrected chi connectivity index (χ2v) is 19.3. The fourth-order valence-electron chi connectivity index (χ4n) is 8.90. The van der Waals surface area contributed by atoms with Gasteiger partial charge in [0, 0.05) is 6.42 Å². The monoisotopic (exact) mass is 1020 g/mol. The molecule has 1 amide bonds. The van der Waals surface area contributed by atoms with Gasteiger partial charge < -0.3 is 89.9 Å². The summed E-state index contributed by atoms with van der Waals surface area (Å²) in [5.74, 6) is -0.299. The number of rotatable bonds is 37. The predicted octanol–water partition coefficient (Wildman–Crippen LogP) is 2.59. The van der Waals surface area contributed by atoms with Crippen LogP contribution in [0.4, 0.5) is 0 Å². The van der Waals surface area contributed by atoms with E-state index in [1.54, 1.807) is 6.08 Å². The summed E-state index contributed by atoms with van der Waals surface area (Å²) in [6.07, 6.45) is 8.62. The zero-order chi connectivity index (χ0) is 52.0. The molecule has 3 fully saturated rings. The number of aliphatic hydroxyl groups excluding tert-OH is 11. The molecule has 17 atom stereocenters. The number of aliphatic hydroxyl groups is 11. The first-order valence-corrected chi connectivity index (χ1v) is 26.7. The molecule has 0 spiro atoms. The van der Waals surface area contributed by atoms with Crippen LogP contribution in [0, 0.1) is 0 Å². The van der Waals surface area contributed by atoms with Gasteiger partial charge in [0.2, 0.25) is 5.91 Å². The Kier molecular flexibility index (Phi) is 32.9. The number of nitrogens with one attached hydrogen (secondary N) is 1. The Morgan fingerprint density at radius 2 is 0.901 bits per heavy atom. The van der Waals surface area contributed by atoms with E-state index in [9.17, 15) is 61.0 Å². The van der Waals surface area contributed by atoms with Crippen LogP contribution >= 0.6 is 0 Å². The molecule has 0 aliphatic carbocycles. The maximum absolute atomic E-state index is 13.2. The number of carbonyl (C=O) groups excluding carboxylic acids is 1. The highest BCUT2D eigenvalue weighted by molar-refractivity contribution is 5.76. The molecule has 17 unspecified atom stereocenters. The summed E-state index contributed by atoms with van der Waals surface area (Å²) in [6.45, 7) is 1.62. The molecule has 12 N–H and O–H groups in total. The van der Waals surface area contributed by atoms with Crippen LogP contribution in [0.3, 0.4) is 0 Å². The minimum atomic E-state index is -1.98. The molecule has 3 aliphatic heterocycles. The molecule has 0 aromatic heterocycles. The molecule has 19 heteroatoms. The van der Waals surface area contributed by atoms with E-state index in [0.29, 0.717) is 12.8 Å². The van der Waals surface area contributed by atoms with Gasteiger partial charge in [-0.2, -0.15) is 0 Å². The summed E-state index contributed by atoms with van der Waals surface area (Å²) < 4.78 is 34.1. The number of hydrogen-bond acceptors (Lipinski definition) is 18. The molecule has 3 rings (SSSR count). The van der Waals surface area contributed by atoms with Crippen molar-refractivity contribution in [2.45, 2.75) is 259 Å². The first-order chi connectivity index (χ1) is 34.3.